The van der Waals surface area contributed by atoms with Crippen LogP contribution in [0.2, 0.25) is 0 Å². The normalized spacial score (nSPS) is 18.9. The fourth-order valence-corrected chi connectivity index (χ4v) is 6.92. The van der Waals surface area contributed by atoms with Crippen LogP contribution in [0, 0.1) is 5.92 Å². The number of aliphatic hydroxyl groups excluding tert-OH is 1. The second-order valence-electron chi connectivity index (χ2n) is 14.4. The third-order valence-corrected chi connectivity index (χ3v) is 10.2. The van der Waals surface area contributed by atoms with Crippen molar-refractivity contribution in [3.05, 3.63) is 107 Å². The molecule has 3 aromatic rings. The molecule has 0 unspecified atom stereocenters. The predicted octanol–water partition coefficient (Wildman–Crippen LogP) is 9.99. The van der Waals surface area contributed by atoms with Gasteiger partial charge in [-0.2, -0.15) is 0 Å². The van der Waals surface area contributed by atoms with Gasteiger partial charge in [0.2, 0.25) is 0 Å². The molecule has 0 bridgehead atoms. The van der Waals surface area contributed by atoms with Crippen molar-refractivity contribution in [3.8, 4) is 0 Å². The molecule has 0 aromatic heterocycles. The molecule has 1 fully saturated rings. The van der Waals surface area contributed by atoms with Gasteiger partial charge in [0.15, 0.2) is 6.29 Å². The van der Waals surface area contributed by atoms with Gasteiger partial charge in [-0.3, -0.25) is 0 Å². The molecule has 7 nitrogen and oxygen atoms in total. The molecule has 3 N–H and O–H groups in total. The minimum absolute atomic E-state index is 0.00102. The number of amides is 2. The van der Waals surface area contributed by atoms with Gasteiger partial charge < -0.3 is 30.1 Å². The zero-order chi connectivity index (χ0) is 36.1. The van der Waals surface area contributed by atoms with E-state index < -0.39 is 6.29 Å². The highest BCUT2D eigenvalue weighted by Crippen LogP contribution is 2.42. The van der Waals surface area contributed by atoms with Gasteiger partial charge in [-0.25, -0.2) is 4.79 Å². The smallest absolute Gasteiger partial charge is 0.315 e. The van der Waals surface area contributed by atoms with E-state index in [1.165, 1.54) is 77.0 Å². The number of unbranched alkanes of at least 4 members (excludes halogenated alkanes) is 10. The van der Waals surface area contributed by atoms with Gasteiger partial charge in [0.05, 0.1) is 18.8 Å². The molecule has 1 aliphatic heterocycles. The third kappa shape index (κ3) is 14.4. The minimum atomic E-state index is -0.505. The Labute approximate surface area is 308 Å². The average Bonchev–Trinajstić information content (AvgIpc) is 3.17. The van der Waals surface area contributed by atoms with Gasteiger partial charge in [-0.05, 0) is 48.2 Å². The maximum atomic E-state index is 12.4. The summed E-state index contributed by atoms with van der Waals surface area (Å²) in [6, 6.07) is 26.1. The summed E-state index contributed by atoms with van der Waals surface area (Å²) in [6.45, 7) is 10.9. The summed E-state index contributed by atoms with van der Waals surface area (Å²) in [4.78, 5) is 15.1. The number of ether oxygens (including phenoxy) is 2. The highest BCUT2D eigenvalue weighted by atomic mass is 16.7. The van der Waals surface area contributed by atoms with Crippen molar-refractivity contribution in [2.45, 2.75) is 136 Å². The second-order valence-corrected chi connectivity index (χ2v) is 14.4. The molecule has 0 radical (unpaired) electrons. The topological polar surface area (TPSA) is 83.1 Å². The Morgan fingerprint density at radius 3 is 1.73 bits per heavy atom. The van der Waals surface area contributed by atoms with E-state index in [0.29, 0.717) is 13.1 Å². The van der Waals surface area contributed by atoms with Gasteiger partial charge >= 0.3 is 6.03 Å². The molecule has 2 amide bonds. The first-order valence-electron chi connectivity index (χ1n) is 19.9. The third-order valence-electron chi connectivity index (χ3n) is 10.2. The van der Waals surface area contributed by atoms with Crippen LogP contribution in [0.3, 0.4) is 0 Å². The zero-order valence-corrected chi connectivity index (χ0v) is 31.7. The van der Waals surface area contributed by atoms with Crippen LogP contribution in [0.4, 0.5) is 4.79 Å². The van der Waals surface area contributed by atoms with Gasteiger partial charge in [0.25, 0.3) is 0 Å². The van der Waals surface area contributed by atoms with Gasteiger partial charge in [-0.1, -0.05) is 164 Å². The van der Waals surface area contributed by atoms with Crippen LogP contribution in [0.5, 0.6) is 0 Å². The van der Waals surface area contributed by atoms with Crippen molar-refractivity contribution >= 4 is 6.03 Å². The van der Waals surface area contributed by atoms with Crippen molar-refractivity contribution in [2.75, 3.05) is 19.6 Å². The Morgan fingerprint density at radius 2 is 1.16 bits per heavy atom. The number of nitrogens with zero attached hydrogens (tertiary/aromatic N) is 1. The summed E-state index contributed by atoms with van der Waals surface area (Å²) in [5.74, 6) is 0.149. The molecule has 4 rings (SSSR count). The van der Waals surface area contributed by atoms with E-state index in [4.69, 9.17) is 9.47 Å². The monoisotopic (exact) mass is 699 g/mol. The first-order valence-corrected chi connectivity index (χ1v) is 19.9. The molecule has 280 valence electrons. The summed E-state index contributed by atoms with van der Waals surface area (Å²) < 4.78 is 13.6. The standard InChI is InChI=1S/C44H65N3O4/c1-4-6-8-10-12-17-29-47(30-18-13-11-9-7-5-2)33-41-35(3)42(39-25-23-38(34-48)24-26-39)51-43(50-41)40-27-21-37(22-28-40)32-46-44(49)45-31-36-19-15-14-16-20-36/h14-16,19-28,35,41-43,48H,4-13,17-18,29-34H2,1-3H3,(H2,45,46,49)/t35-,41+,42+,43+/m0/s1. The minimum Gasteiger partial charge on any atom is -0.392 e. The molecule has 0 spiro atoms. The molecule has 0 saturated carbocycles. The fraction of sp³-hybridized carbons (Fsp3) is 0.568. The Hall–Kier alpha value is -3.23. The van der Waals surface area contributed by atoms with Crippen LogP contribution < -0.4 is 10.6 Å². The number of carbonyl (C=O) groups excluding carboxylic acids is 1. The average molecular weight is 700 g/mol. The summed E-state index contributed by atoms with van der Waals surface area (Å²) in [5.41, 5.74) is 5.05. The molecule has 1 saturated heterocycles. The lowest BCUT2D eigenvalue weighted by Crippen LogP contribution is -2.45. The first-order chi connectivity index (χ1) is 25.0. The number of aliphatic hydroxyl groups is 1. The number of urea groups is 1. The maximum Gasteiger partial charge on any atom is 0.315 e. The van der Waals surface area contributed by atoms with E-state index in [9.17, 15) is 9.90 Å². The van der Waals surface area contributed by atoms with E-state index in [1.54, 1.807) is 0 Å². The Kier molecular flexibility index (Phi) is 18.6. The van der Waals surface area contributed by atoms with Gasteiger partial charge in [0, 0.05) is 31.1 Å². The molecule has 1 aliphatic rings. The highest BCUT2D eigenvalue weighted by molar-refractivity contribution is 5.73. The number of hydrogen-bond acceptors (Lipinski definition) is 5. The van der Waals surface area contributed by atoms with E-state index >= 15 is 0 Å². The summed E-state index contributed by atoms with van der Waals surface area (Å²) >= 11 is 0. The molecule has 51 heavy (non-hydrogen) atoms. The Morgan fingerprint density at radius 1 is 0.647 bits per heavy atom. The number of carbonyl (C=O) groups is 1. The SMILES string of the molecule is CCCCCCCCN(CCCCCCCC)C[C@H]1O[C@@H](c2ccc(CNC(=O)NCc3ccccc3)cc2)O[C@@H](c2ccc(CO)cc2)[C@H]1C. The van der Waals surface area contributed by atoms with Gasteiger partial charge in [0.1, 0.15) is 0 Å². The van der Waals surface area contributed by atoms with Crippen LogP contribution in [0.25, 0.3) is 0 Å². The molecule has 3 aromatic carbocycles. The van der Waals surface area contributed by atoms with E-state index in [1.807, 2.05) is 54.6 Å². The van der Waals surface area contributed by atoms with E-state index in [2.05, 4.69) is 60.6 Å². The first kappa shape index (κ1) is 40.5. The number of benzene rings is 3. The van der Waals surface area contributed by atoms with Crippen molar-refractivity contribution in [1.82, 2.24) is 15.5 Å². The summed E-state index contributed by atoms with van der Waals surface area (Å²) in [7, 11) is 0. The molecular formula is C44H65N3O4. The number of rotatable bonds is 23. The fourth-order valence-electron chi connectivity index (χ4n) is 6.92. The summed E-state index contributed by atoms with van der Waals surface area (Å²) in [6.07, 6.45) is 14.9. The van der Waals surface area contributed by atoms with Crippen LogP contribution in [-0.2, 0) is 29.2 Å². The van der Waals surface area contributed by atoms with E-state index in [-0.39, 0.29) is 30.8 Å². The lowest BCUT2D eigenvalue weighted by Gasteiger charge is -2.43. The maximum absolute atomic E-state index is 12.4. The van der Waals surface area contributed by atoms with Crippen LogP contribution in [-0.4, -0.2) is 41.8 Å². The predicted molar refractivity (Wildman–Crippen MR) is 208 cm³/mol. The quantitative estimate of drug-likeness (QED) is 0.0859. The van der Waals surface area contributed by atoms with Crippen molar-refractivity contribution in [3.63, 3.8) is 0 Å². The summed E-state index contributed by atoms with van der Waals surface area (Å²) in [5, 5.41) is 15.6. The number of hydrogen-bond donors (Lipinski definition) is 3. The van der Waals surface area contributed by atoms with Crippen LogP contribution in [0.1, 0.15) is 138 Å². The van der Waals surface area contributed by atoms with Crippen LogP contribution in [0.15, 0.2) is 78.9 Å². The van der Waals surface area contributed by atoms with E-state index in [0.717, 1.165) is 47.5 Å². The van der Waals surface area contributed by atoms with Gasteiger partial charge in [-0.15, -0.1) is 0 Å². The Balaban J connectivity index is 1.42. The van der Waals surface area contributed by atoms with Crippen molar-refractivity contribution in [2.24, 2.45) is 5.92 Å². The van der Waals surface area contributed by atoms with Crippen molar-refractivity contribution in [1.29, 1.82) is 0 Å². The molecule has 7 heteroatoms. The highest BCUT2D eigenvalue weighted by Gasteiger charge is 2.39. The second kappa shape index (κ2) is 23.4. The lowest BCUT2D eigenvalue weighted by molar-refractivity contribution is -0.276. The molecule has 1 heterocycles. The van der Waals surface area contributed by atoms with Crippen LogP contribution >= 0.6 is 0 Å². The molecular weight excluding hydrogens is 635 g/mol. The molecule has 4 atom stereocenters. The Bertz CT molecular complexity index is 1340. The number of nitrogens with one attached hydrogen (secondary N) is 2. The van der Waals surface area contributed by atoms with Crippen molar-refractivity contribution < 1.29 is 19.4 Å². The zero-order valence-electron chi connectivity index (χ0n) is 31.7. The lowest BCUT2D eigenvalue weighted by atomic mass is 9.90. The molecule has 0 aliphatic carbocycles. The largest absolute Gasteiger partial charge is 0.392 e.